The molecule has 9 aromatic rings. The van der Waals surface area contributed by atoms with Crippen LogP contribution in [0, 0.1) is 13.8 Å². The van der Waals surface area contributed by atoms with Gasteiger partial charge in [-0.1, -0.05) is 67.8 Å². The monoisotopic (exact) mass is 1750 g/mol. The van der Waals surface area contributed by atoms with E-state index in [1.54, 1.807) is 137 Å². The molecule has 0 spiro atoms. The Balaban J connectivity index is 0.000000208. The largest absolute Gasteiger partial charge is 0.493 e. The number of aromatic nitrogens is 4. The molecular weight excluding hydrogens is 1640 g/mol. The van der Waals surface area contributed by atoms with E-state index >= 15 is 0 Å². The fraction of sp³-hybridized carbons (Fsp3) is 0.375. The van der Waals surface area contributed by atoms with Crippen molar-refractivity contribution in [1.29, 1.82) is 0 Å². The number of nitrogens with one attached hydrogen (secondary N) is 5. The summed E-state index contributed by atoms with van der Waals surface area (Å²) in [6.45, 7) is 13.5. The fourth-order valence-corrected chi connectivity index (χ4v) is 16.9. The molecule has 32 nitrogen and oxygen atoms in total. The first kappa shape index (κ1) is 90.7. The topological polar surface area (TPSA) is 358 Å². The zero-order valence-corrected chi connectivity index (χ0v) is 72.8. The van der Waals surface area contributed by atoms with Crippen molar-refractivity contribution in [1.82, 2.24) is 28.1 Å². The third kappa shape index (κ3) is 21.6. The van der Waals surface area contributed by atoms with Gasteiger partial charge in [-0.05, 0) is 199 Å². The smallest absolute Gasteiger partial charge is 0.416 e. The van der Waals surface area contributed by atoms with Crippen LogP contribution < -0.4 is 45.9 Å². The van der Waals surface area contributed by atoms with Crippen LogP contribution in [0.1, 0.15) is 177 Å². The Morgan fingerprint density at radius 2 is 0.836 bits per heavy atom. The summed E-state index contributed by atoms with van der Waals surface area (Å²) < 4.78 is 55.3. The van der Waals surface area contributed by atoms with Gasteiger partial charge in [0.05, 0.1) is 59.2 Å². The number of benzene rings is 5. The van der Waals surface area contributed by atoms with Crippen molar-refractivity contribution in [3.05, 3.63) is 223 Å². The van der Waals surface area contributed by atoms with Crippen LogP contribution in [-0.4, -0.2) is 183 Å². The molecule has 4 fully saturated rings. The summed E-state index contributed by atoms with van der Waals surface area (Å²) in [5, 5.41) is 23.8. The number of amides is 9. The first-order chi connectivity index (χ1) is 61.9. The summed E-state index contributed by atoms with van der Waals surface area (Å²) in [5.41, 5.74) is 10.1. The van der Waals surface area contributed by atoms with Crippen molar-refractivity contribution in [2.75, 3.05) is 89.1 Å². The van der Waals surface area contributed by atoms with Crippen LogP contribution in [0.25, 0.3) is 22.3 Å². The van der Waals surface area contributed by atoms with Gasteiger partial charge in [0, 0.05) is 132 Å². The number of ether oxygens (including phenoxy) is 8. The molecule has 4 saturated heterocycles. The maximum Gasteiger partial charge on any atom is 0.416 e. The Morgan fingerprint density at radius 1 is 0.445 bits per heavy atom. The van der Waals surface area contributed by atoms with Crippen molar-refractivity contribution >= 4 is 99.3 Å². The highest BCUT2D eigenvalue weighted by molar-refractivity contribution is 6.09. The van der Waals surface area contributed by atoms with E-state index in [0.717, 1.165) is 73.6 Å². The molecule has 6 aliphatic heterocycles. The van der Waals surface area contributed by atoms with E-state index in [-0.39, 0.29) is 86.3 Å². The van der Waals surface area contributed by atoms with E-state index in [2.05, 4.69) is 39.7 Å². The number of carboxylic acids is 1. The van der Waals surface area contributed by atoms with Gasteiger partial charge in [0.1, 0.15) is 47.5 Å². The van der Waals surface area contributed by atoms with E-state index < -0.39 is 55.3 Å². The van der Waals surface area contributed by atoms with Gasteiger partial charge in [-0.3, -0.25) is 33.6 Å². The lowest BCUT2D eigenvalue weighted by Gasteiger charge is -2.42. The molecule has 6 atom stereocenters. The number of aryl methyl sites for hydroxylation is 6. The minimum Gasteiger partial charge on any atom is -0.493 e. The number of carbonyl (C=O) groups excluding carboxylic acids is 9. The maximum atomic E-state index is 14.2. The van der Waals surface area contributed by atoms with Gasteiger partial charge in [-0.25, -0.2) is 24.2 Å². The quantitative estimate of drug-likeness (QED) is 0.0187. The Labute approximate surface area is 742 Å². The number of nitrogens with zero attached hydrogens (tertiary/aromatic N) is 8. The Morgan fingerprint density at radius 3 is 1.23 bits per heavy atom. The van der Waals surface area contributed by atoms with Crippen LogP contribution >= 0.6 is 0 Å². The number of rotatable bonds is 29. The van der Waals surface area contributed by atoms with Crippen molar-refractivity contribution in [3.8, 4) is 33.8 Å². The minimum atomic E-state index is -1.02. The van der Waals surface area contributed by atoms with Gasteiger partial charge < -0.3 is 97.7 Å². The molecule has 4 aromatic heterocycles. The summed E-state index contributed by atoms with van der Waals surface area (Å²) in [4.78, 5) is 140. The first-order valence-electron chi connectivity index (χ1n) is 43.4. The van der Waals surface area contributed by atoms with E-state index in [1.807, 2.05) is 85.4 Å². The number of carboxylic acid groups (broad SMARTS) is 1. The average Bonchev–Trinajstić information content (AvgIpc) is 1.61. The lowest BCUT2D eigenvalue weighted by atomic mass is 10.00. The molecule has 6 aliphatic rings. The fourth-order valence-electron chi connectivity index (χ4n) is 16.9. The Kier molecular flexibility index (Phi) is 29.5. The molecule has 5 aromatic carbocycles. The molecule has 672 valence electrons. The second-order valence-electron chi connectivity index (χ2n) is 32.6. The van der Waals surface area contributed by atoms with Crippen LogP contribution in [-0.2, 0) is 66.2 Å². The molecule has 0 bridgehead atoms. The van der Waals surface area contributed by atoms with E-state index in [9.17, 15) is 53.1 Å². The van der Waals surface area contributed by atoms with Gasteiger partial charge in [0.2, 0.25) is 11.8 Å². The Hall–Kier alpha value is -13.6. The van der Waals surface area contributed by atoms with Gasteiger partial charge in [0.15, 0.2) is 25.0 Å². The summed E-state index contributed by atoms with van der Waals surface area (Å²) >= 11 is 0. The predicted molar refractivity (Wildman–Crippen MR) is 481 cm³/mol. The van der Waals surface area contributed by atoms with Crippen LogP contribution in [0.2, 0.25) is 0 Å². The lowest BCUT2D eigenvalue weighted by molar-refractivity contribution is -0.199. The number of piperidine rings is 2. The van der Waals surface area contributed by atoms with E-state index in [1.165, 1.54) is 22.0 Å². The van der Waals surface area contributed by atoms with Crippen LogP contribution in [0.4, 0.5) is 49.4 Å². The molecule has 32 heteroatoms. The second-order valence-corrected chi connectivity index (χ2v) is 32.6. The lowest BCUT2D eigenvalue weighted by Crippen LogP contribution is -2.57. The number of fused-ring (bicyclic) bond motifs is 4. The second kappa shape index (κ2) is 41.7. The molecule has 10 heterocycles. The number of carbonyl (C=O) groups is 10. The van der Waals surface area contributed by atoms with Crippen molar-refractivity contribution in [2.45, 2.75) is 154 Å². The van der Waals surface area contributed by atoms with Crippen molar-refractivity contribution in [3.63, 3.8) is 0 Å². The van der Waals surface area contributed by atoms with E-state index in [0.29, 0.717) is 155 Å². The summed E-state index contributed by atoms with van der Waals surface area (Å²) in [7, 11) is 6.91. The van der Waals surface area contributed by atoms with Crippen LogP contribution in [0.5, 0.6) is 11.5 Å². The van der Waals surface area contributed by atoms with Gasteiger partial charge in [-0.15, -0.1) is 0 Å². The Bertz CT molecular complexity index is 5580. The highest BCUT2D eigenvalue weighted by Crippen LogP contribution is 2.43. The summed E-state index contributed by atoms with van der Waals surface area (Å²) in [6.07, 6.45) is 16.5. The minimum absolute atomic E-state index is 0.0272. The first-order valence-corrected chi connectivity index (χ1v) is 43.4. The maximum absolute atomic E-state index is 14.2. The third-order valence-corrected chi connectivity index (χ3v) is 23.4. The van der Waals surface area contributed by atoms with Gasteiger partial charge in [-0.2, -0.15) is 0 Å². The highest BCUT2D eigenvalue weighted by Gasteiger charge is 2.49. The summed E-state index contributed by atoms with van der Waals surface area (Å²) in [5.74, 6) is -1.99. The molecule has 6 N–H and O–H groups in total. The molecule has 9 amide bonds. The van der Waals surface area contributed by atoms with Crippen LogP contribution in [0.15, 0.2) is 177 Å². The summed E-state index contributed by atoms with van der Waals surface area (Å²) in [6, 6.07) is 36.3. The SMILES string of the molecule is C=CCOC(=O)N1c2cc(OCCCC(=O)Nc3cc(C(=O)Nc4ccc(-c5cc(C(=O)Nc6ccccc6)n(C)c5)cc4)n(C)c3)c(C)cc2C(=O)N2CCCC[C@H]2C1OC1CCCCO1.C=CCOC(=O)N1c2cc(OCCCC(=O)Nc3cc(C(=O)Nc4ccc(-c5cc(C(=O)O)n(C)c5)cc4)n(C)c3)c(C)cc2C(=O)N2CCCC[C@H]2C1OC1CCCCO1. The van der Waals surface area contributed by atoms with Crippen molar-refractivity contribution < 1.29 is 90.9 Å². The standard InChI is InChI=1S/C51H57N7O9.C45H52N6O10/c1-5-24-66-51(63)58-41-30-44(33(2)27-39(41)49(62)57-23-11-9-16-40(57)50(58)67-46-18-10-12-25-65-46)64-26-13-17-45(59)52-38-29-43(56(4)32-38)48(61)54-37-21-19-34(20-22-37)35-28-42(55(3)31-35)47(60)53-36-14-7-6-8-15-36;1-5-19-60-45(57)51-35-25-38(28(2)22-33(35)42(54)50-18-8-6-11-34(50)43(51)61-40-13-7-9-20-59-40)58-21-10-12-39(52)46-32-24-36(49(4)27-32)41(53)47-31-16-14-29(15-17-31)30-23-37(44(55)56)48(3)26-30/h5-8,14-15,19-22,27-32,40,46,50H,1,9-13,16-18,23-26H2,2-4H3,(H,52,59)(H,53,60)(H,54,61);5,14-17,22-27,34,40,43H,1,6-13,18-21H2,2-4H3,(H,46,52)(H,47,53)(H,55,56)/t40-,46?,50?;34-,40?,43?/m00/s1. The number of anilines is 7. The third-order valence-electron chi connectivity index (χ3n) is 23.4. The van der Waals surface area contributed by atoms with Gasteiger partial charge in [0.25, 0.3) is 29.5 Å². The molecule has 0 radical (unpaired) electrons. The number of aromatic carboxylic acids is 1. The average molecular weight is 1750 g/mol. The molecule has 128 heavy (non-hydrogen) atoms. The van der Waals surface area contributed by atoms with Crippen LogP contribution in [0.3, 0.4) is 0 Å². The normalized spacial score (nSPS) is 18.3. The zero-order chi connectivity index (χ0) is 90.2. The van der Waals surface area contributed by atoms with Gasteiger partial charge >= 0.3 is 18.2 Å². The zero-order valence-electron chi connectivity index (χ0n) is 72.8. The molecule has 15 rings (SSSR count). The molecular formula is C96H109N13O19. The number of hydrogen-bond donors (Lipinski definition) is 6. The van der Waals surface area contributed by atoms with Crippen molar-refractivity contribution in [2.24, 2.45) is 28.2 Å². The highest BCUT2D eigenvalue weighted by atomic mass is 16.7. The number of hydrogen-bond acceptors (Lipinski definition) is 18. The molecule has 0 aliphatic carbocycles. The molecule has 4 unspecified atom stereocenters. The van der Waals surface area contributed by atoms with E-state index in [4.69, 9.17) is 37.9 Å². The molecule has 0 saturated carbocycles. The number of para-hydroxylation sites is 1. The predicted octanol–water partition coefficient (Wildman–Crippen LogP) is 15.7.